The number of nitrogen functional groups attached to an aromatic ring is 1. The van der Waals surface area contributed by atoms with Crippen LogP contribution in [-0.2, 0) is 9.84 Å². The first-order valence-electron chi connectivity index (χ1n) is 7.07. The van der Waals surface area contributed by atoms with Crippen molar-refractivity contribution in [2.75, 3.05) is 23.9 Å². The molecule has 118 valence electrons. The quantitative estimate of drug-likeness (QED) is 0.783. The van der Waals surface area contributed by atoms with Gasteiger partial charge in [0.25, 0.3) is 0 Å². The van der Waals surface area contributed by atoms with E-state index in [4.69, 9.17) is 5.73 Å². The van der Waals surface area contributed by atoms with E-state index >= 15 is 0 Å². The van der Waals surface area contributed by atoms with Crippen molar-refractivity contribution in [2.45, 2.75) is 44.4 Å². The van der Waals surface area contributed by atoms with Gasteiger partial charge < -0.3 is 11.1 Å². The molecule has 1 saturated carbocycles. The van der Waals surface area contributed by atoms with Gasteiger partial charge in [0, 0.05) is 19.7 Å². The van der Waals surface area contributed by atoms with Crippen LogP contribution in [0.2, 0.25) is 0 Å². The highest BCUT2D eigenvalue weighted by Gasteiger charge is 2.35. The first-order valence-corrected chi connectivity index (χ1v) is 9.78. The van der Waals surface area contributed by atoms with Gasteiger partial charge in [-0.1, -0.05) is 13.3 Å². The zero-order valence-corrected chi connectivity index (χ0v) is 14.3. The second-order valence-electron chi connectivity index (χ2n) is 5.89. The highest BCUT2D eigenvalue weighted by atomic mass is 32.2. The molecule has 1 aliphatic rings. The van der Waals surface area contributed by atoms with Crippen molar-refractivity contribution >= 4 is 37.6 Å². The summed E-state index contributed by atoms with van der Waals surface area (Å²) < 4.78 is 23.9. The van der Waals surface area contributed by atoms with Gasteiger partial charge in [0.2, 0.25) is 0 Å². The SMILES string of the molecule is CCC1(CNc2sc(C(C)=O)c(N)c2S(C)(=O)=O)CCC1. The number of thiophene rings is 1. The van der Waals surface area contributed by atoms with E-state index in [2.05, 4.69) is 12.2 Å². The number of anilines is 2. The standard InChI is InChI=1S/C14H22N2O3S2/c1-4-14(6-5-7-14)8-16-13-12(21(3,18)19)10(15)11(20-13)9(2)17/h16H,4-8,15H2,1-3H3. The van der Waals surface area contributed by atoms with Crippen molar-refractivity contribution in [2.24, 2.45) is 5.41 Å². The summed E-state index contributed by atoms with van der Waals surface area (Å²) in [6, 6.07) is 0. The Balaban J connectivity index is 2.34. The van der Waals surface area contributed by atoms with Crippen LogP contribution >= 0.6 is 11.3 Å². The number of hydrogen-bond donors (Lipinski definition) is 2. The average Bonchev–Trinajstić information content (AvgIpc) is 2.65. The summed E-state index contributed by atoms with van der Waals surface area (Å²) in [5.41, 5.74) is 6.21. The molecular weight excluding hydrogens is 308 g/mol. The maximum atomic E-state index is 12.0. The summed E-state index contributed by atoms with van der Waals surface area (Å²) in [6.45, 7) is 4.28. The Morgan fingerprint density at radius 2 is 2.05 bits per heavy atom. The molecule has 0 aromatic carbocycles. The fourth-order valence-corrected chi connectivity index (χ4v) is 5.24. The van der Waals surface area contributed by atoms with E-state index in [9.17, 15) is 13.2 Å². The maximum Gasteiger partial charge on any atom is 0.180 e. The molecule has 0 radical (unpaired) electrons. The van der Waals surface area contributed by atoms with Crippen LogP contribution in [-0.4, -0.2) is 27.0 Å². The van der Waals surface area contributed by atoms with E-state index < -0.39 is 9.84 Å². The summed E-state index contributed by atoms with van der Waals surface area (Å²) in [7, 11) is -3.47. The molecule has 0 unspecified atom stereocenters. The minimum absolute atomic E-state index is 0.0725. The Labute approximate surface area is 129 Å². The summed E-state index contributed by atoms with van der Waals surface area (Å²) in [5, 5.41) is 3.74. The molecule has 21 heavy (non-hydrogen) atoms. The second-order valence-corrected chi connectivity index (χ2v) is 8.87. The Morgan fingerprint density at radius 3 is 2.43 bits per heavy atom. The van der Waals surface area contributed by atoms with Gasteiger partial charge in [-0.05, 0) is 24.7 Å². The van der Waals surface area contributed by atoms with E-state index in [0.717, 1.165) is 43.4 Å². The van der Waals surface area contributed by atoms with Crippen LogP contribution in [0.3, 0.4) is 0 Å². The highest BCUT2D eigenvalue weighted by Crippen LogP contribution is 2.45. The zero-order chi connectivity index (χ0) is 15.8. The number of ketones is 1. The van der Waals surface area contributed by atoms with Crippen LogP contribution in [0.15, 0.2) is 4.90 Å². The van der Waals surface area contributed by atoms with Crippen molar-refractivity contribution in [3.8, 4) is 0 Å². The van der Waals surface area contributed by atoms with E-state index in [1.165, 1.54) is 13.3 Å². The van der Waals surface area contributed by atoms with E-state index in [1.54, 1.807) is 0 Å². The Morgan fingerprint density at radius 1 is 1.43 bits per heavy atom. The molecule has 7 heteroatoms. The largest absolute Gasteiger partial charge is 0.396 e. The molecule has 0 amide bonds. The molecule has 1 aliphatic carbocycles. The van der Waals surface area contributed by atoms with Crippen molar-refractivity contribution in [1.29, 1.82) is 0 Å². The van der Waals surface area contributed by atoms with Crippen molar-refractivity contribution in [3.63, 3.8) is 0 Å². The molecule has 0 aliphatic heterocycles. The van der Waals surface area contributed by atoms with Crippen LogP contribution in [0.1, 0.15) is 49.2 Å². The van der Waals surface area contributed by atoms with Crippen LogP contribution in [0.25, 0.3) is 0 Å². The summed E-state index contributed by atoms with van der Waals surface area (Å²) in [5.74, 6) is -0.204. The molecule has 5 nitrogen and oxygen atoms in total. The lowest BCUT2D eigenvalue weighted by atomic mass is 9.67. The number of carbonyl (C=O) groups excluding carboxylic acids is 1. The number of hydrogen-bond acceptors (Lipinski definition) is 6. The fraction of sp³-hybridized carbons (Fsp3) is 0.643. The van der Waals surface area contributed by atoms with Crippen molar-refractivity contribution in [3.05, 3.63) is 4.88 Å². The van der Waals surface area contributed by atoms with E-state index in [-0.39, 0.29) is 21.8 Å². The minimum Gasteiger partial charge on any atom is -0.396 e. The van der Waals surface area contributed by atoms with Gasteiger partial charge >= 0.3 is 0 Å². The molecule has 0 spiro atoms. The van der Waals surface area contributed by atoms with Gasteiger partial charge in [-0.3, -0.25) is 4.79 Å². The zero-order valence-electron chi connectivity index (χ0n) is 12.7. The number of carbonyl (C=O) groups is 1. The predicted molar refractivity (Wildman–Crippen MR) is 86.9 cm³/mol. The lowest BCUT2D eigenvalue weighted by molar-refractivity contribution is 0.102. The molecule has 3 N–H and O–H groups in total. The Kier molecular flexibility index (Phi) is 4.35. The highest BCUT2D eigenvalue weighted by molar-refractivity contribution is 7.91. The number of sulfone groups is 1. The molecule has 0 saturated heterocycles. The lowest BCUT2D eigenvalue weighted by Crippen LogP contribution is -2.35. The Bertz CT molecular complexity index is 652. The average molecular weight is 330 g/mol. The number of nitrogens with two attached hydrogens (primary N) is 1. The van der Waals surface area contributed by atoms with Gasteiger partial charge in [-0.25, -0.2) is 8.42 Å². The normalized spacial score (nSPS) is 17.3. The van der Waals surface area contributed by atoms with E-state index in [1.807, 2.05) is 0 Å². The molecule has 1 aromatic heterocycles. The second kappa shape index (κ2) is 5.61. The summed E-state index contributed by atoms with van der Waals surface area (Å²) >= 11 is 1.14. The Hall–Kier alpha value is -1.08. The van der Waals surface area contributed by atoms with Crippen LogP contribution < -0.4 is 11.1 Å². The first-order chi connectivity index (χ1) is 9.70. The minimum atomic E-state index is -3.47. The first kappa shape index (κ1) is 16.3. The van der Waals surface area contributed by atoms with Crippen LogP contribution in [0, 0.1) is 5.41 Å². The van der Waals surface area contributed by atoms with Gasteiger partial charge in [-0.15, -0.1) is 11.3 Å². The van der Waals surface area contributed by atoms with E-state index in [0.29, 0.717) is 9.88 Å². The summed E-state index contributed by atoms with van der Waals surface area (Å²) in [4.78, 5) is 12.0. The maximum absolute atomic E-state index is 12.0. The van der Waals surface area contributed by atoms with Gasteiger partial charge in [0.1, 0.15) is 9.90 Å². The molecule has 0 bridgehead atoms. The molecule has 2 rings (SSSR count). The van der Waals surface area contributed by atoms with Gasteiger partial charge in [-0.2, -0.15) is 0 Å². The molecular formula is C14H22N2O3S2. The number of nitrogens with one attached hydrogen (secondary N) is 1. The monoisotopic (exact) mass is 330 g/mol. The summed E-state index contributed by atoms with van der Waals surface area (Å²) in [6.07, 6.45) is 5.73. The third-order valence-corrected chi connectivity index (χ3v) is 6.94. The topological polar surface area (TPSA) is 89.3 Å². The molecule has 0 atom stereocenters. The lowest BCUT2D eigenvalue weighted by Gasteiger charge is -2.41. The predicted octanol–water partition coefficient (Wildman–Crippen LogP) is 2.93. The molecule has 1 heterocycles. The fourth-order valence-electron chi connectivity index (χ4n) is 2.77. The molecule has 1 fully saturated rings. The number of rotatable bonds is 6. The van der Waals surface area contributed by atoms with Crippen LogP contribution in [0.4, 0.5) is 10.7 Å². The number of Topliss-reactive ketones (excluding diaryl/α,β-unsaturated/α-hetero) is 1. The van der Waals surface area contributed by atoms with Crippen molar-refractivity contribution < 1.29 is 13.2 Å². The third-order valence-electron chi connectivity index (χ3n) is 4.38. The van der Waals surface area contributed by atoms with Gasteiger partial charge in [0.05, 0.1) is 10.6 Å². The van der Waals surface area contributed by atoms with Gasteiger partial charge in [0.15, 0.2) is 15.6 Å². The van der Waals surface area contributed by atoms with Crippen molar-refractivity contribution in [1.82, 2.24) is 0 Å². The third kappa shape index (κ3) is 3.08. The van der Waals surface area contributed by atoms with Crippen LogP contribution in [0.5, 0.6) is 0 Å². The smallest absolute Gasteiger partial charge is 0.180 e. The molecule has 1 aromatic rings.